The smallest absolute Gasteiger partial charge is 0.357 e. The van der Waals surface area contributed by atoms with E-state index in [1.165, 1.54) is 0 Å². The van der Waals surface area contributed by atoms with Crippen LogP contribution in [-0.2, 0) is 25.6 Å². The molecule has 0 radical (unpaired) electrons. The third kappa shape index (κ3) is 3.90. The highest BCUT2D eigenvalue weighted by Gasteiger charge is 2.45. The van der Waals surface area contributed by atoms with Crippen molar-refractivity contribution in [1.82, 2.24) is 10.2 Å². The van der Waals surface area contributed by atoms with Crippen molar-refractivity contribution >= 4 is 27.9 Å². The predicted molar refractivity (Wildman–Crippen MR) is 92.7 cm³/mol. The van der Waals surface area contributed by atoms with Crippen LogP contribution in [0.15, 0.2) is 41.7 Å². The molecule has 1 aromatic carbocycles. The van der Waals surface area contributed by atoms with Crippen LogP contribution in [0, 0.1) is 0 Å². The summed E-state index contributed by atoms with van der Waals surface area (Å²) in [7, 11) is 0. The zero-order valence-corrected chi connectivity index (χ0v) is 15.6. The number of carbonyl (C=O) groups excluding carboxylic acids is 2. The van der Waals surface area contributed by atoms with Gasteiger partial charge in [-0.05, 0) is 42.3 Å². The lowest BCUT2D eigenvalue weighted by Crippen LogP contribution is -2.45. The summed E-state index contributed by atoms with van der Waals surface area (Å²) >= 11 is 3.54. The van der Waals surface area contributed by atoms with Gasteiger partial charge in [0.1, 0.15) is 0 Å². The molecule has 0 saturated heterocycles. The van der Waals surface area contributed by atoms with Crippen LogP contribution in [0.2, 0.25) is 0 Å². The van der Waals surface area contributed by atoms with E-state index in [1.54, 1.807) is 18.7 Å². The monoisotopic (exact) mass is 396 g/mol. The van der Waals surface area contributed by atoms with E-state index in [0.29, 0.717) is 6.54 Å². The van der Waals surface area contributed by atoms with Gasteiger partial charge in [-0.25, -0.2) is 9.59 Å². The maximum absolute atomic E-state index is 12.5. The quantitative estimate of drug-likeness (QED) is 0.452. The number of halogens is 1. The van der Waals surface area contributed by atoms with Gasteiger partial charge in [0.15, 0.2) is 16.0 Å². The largest absolute Gasteiger partial charge is 0.461 e. The Labute approximate surface area is 149 Å². The first-order valence-electron chi connectivity index (χ1n) is 7.77. The van der Waals surface area contributed by atoms with E-state index < -0.39 is 16.5 Å². The van der Waals surface area contributed by atoms with Crippen molar-refractivity contribution < 1.29 is 19.1 Å². The molecule has 0 saturated carbocycles. The zero-order chi connectivity index (χ0) is 17.7. The maximum Gasteiger partial charge on any atom is 0.357 e. The molecule has 130 valence electrons. The van der Waals surface area contributed by atoms with Crippen molar-refractivity contribution in [3.8, 4) is 0 Å². The molecule has 1 N–H and O–H groups in total. The minimum atomic E-state index is -0.812. The molecule has 2 rings (SSSR count). The fourth-order valence-corrected chi connectivity index (χ4v) is 2.96. The molecule has 0 aliphatic carbocycles. The Balaban J connectivity index is 2.42. The van der Waals surface area contributed by atoms with Gasteiger partial charge in [0.25, 0.3) is 0 Å². The lowest BCUT2D eigenvalue weighted by atomic mass is 10.2. The van der Waals surface area contributed by atoms with Crippen molar-refractivity contribution in [1.29, 1.82) is 0 Å². The van der Waals surface area contributed by atoms with Crippen molar-refractivity contribution in [2.75, 3.05) is 13.2 Å². The summed E-state index contributed by atoms with van der Waals surface area (Å²) in [5.41, 5.74) is 1.26. The standard InChI is InChI=1S/C17H21BrN2O4/c1-4-23-15(21)13-14(16(22)24-5-2)20(17(3,18)19-13)11-12-9-7-6-8-10-12/h6-10,19H,4-5,11H2,1-3H3. The Hall–Kier alpha value is -2.02. The Morgan fingerprint density at radius 2 is 1.71 bits per heavy atom. The first-order chi connectivity index (χ1) is 11.4. The molecular weight excluding hydrogens is 376 g/mol. The molecule has 0 spiro atoms. The minimum absolute atomic E-state index is 0.102. The molecule has 1 heterocycles. The van der Waals surface area contributed by atoms with Gasteiger partial charge < -0.3 is 19.7 Å². The molecule has 24 heavy (non-hydrogen) atoms. The summed E-state index contributed by atoms with van der Waals surface area (Å²) in [6.07, 6.45) is 0. The third-order valence-corrected chi connectivity index (χ3v) is 4.12. The third-order valence-electron chi connectivity index (χ3n) is 3.50. The van der Waals surface area contributed by atoms with E-state index in [-0.39, 0.29) is 24.6 Å². The summed E-state index contributed by atoms with van der Waals surface area (Å²) in [4.78, 5) is 26.5. The SMILES string of the molecule is CCOC(=O)C1=C(C(=O)OCC)N(Cc2ccccc2)C(C)(Br)N1. The molecule has 6 nitrogen and oxygen atoms in total. The van der Waals surface area contributed by atoms with Gasteiger partial charge in [-0.3, -0.25) is 0 Å². The fourth-order valence-electron chi connectivity index (χ4n) is 2.46. The molecule has 1 aliphatic heterocycles. The highest BCUT2D eigenvalue weighted by Crippen LogP contribution is 2.35. The maximum atomic E-state index is 12.5. The van der Waals surface area contributed by atoms with Gasteiger partial charge >= 0.3 is 11.9 Å². The number of ether oxygens (including phenoxy) is 2. The van der Waals surface area contributed by atoms with Crippen molar-refractivity contribution in [2.24, 2.45) is 0 Å². The molecular formula is C17H21BrN2O4. The summed E-state index contributed by atoms with van der Waals surface area (Å²) in [6.45, 7) is 6.12. The second-order valence-electron chi connectivity index (χ2n) is 5.31. The molecule has 0 fully saturated rings. The molecule has 1 unspecified atom stereocenters. The minimum Gasteiger partial charge on any atom is -0.461 e. The Morgan fingerprint density at radius 1 is 1.12 bits per heavy atom. The second kappa shape index (κ2) is 7.70. The average Bonchev–Trinajstić information content (AvgIpc) is 2.80. The van der Waals surface area contributed by atoms with Gasteiger partial charge in [0.05, 0.1) is 13.2 Å². The summed E-state index contributed by atoms with van der Waals surface area (Å²) in [5, 5.41) is 3.02. The van der Waals surface area contributed by atoms with Crippen LogP contribution in [0.25, 0.3) is 0 Å². The predicted octanol–water partition coefficient (Wildman–Crippen LogP) is 2.50. The van der Waals surface area contributed by atoms with Crippen LogP contribution >= 0.6 is 15.9 Å². The van der Waals surface area contributed by atoms with Gasteiger partial charge in [0.2, 0.25) is 0 Å². The molecule has 1 atom stereocenters. The first kappa shape index (κ1) is 18.3. The fraction of sp³-hybridized carbons (Fsp3) is 0.412. The lowest BCUT2D eigenvalue weighted by Gasteiger charge is -2.33. The lowest BCUT2D eigenvalue weighted by molar-refractivity contribution is -0.142. The van der Waals surface area contributed by atoms with Crippen molar-refractivity contribution in [3.05, 3.63) is 47.3 Å². The normalized spacial score (nSPS) is 19.9. The zero-order valence-electron chi connectivity index (χ0n) is 14.0. The van der Waals surface area contributed by atoms with Crippen molar-refractivity contribution in [3.63, 3.8) is 0 Å². The van der Waals surface area contributed by atoms with E-state index >= 15 is 0 Å². The number of rotatable bonds is 6. The van der Waals surface area contributed by atoms with Crippen LogP contribution < -0.4 is 5.32 Å². The topological polar surface area (TPSA) is 67.9 Å². The number of hydrogen-bond acceptors (Lipinski definition) is 6. The molecule has 0 amide bonds. The Bertz CT molecular complexity index is 643. The van der Waals surface area contributed by atoms with Crippen LogP contribution in [-0.4, -0.2) is 34.6 Å². The Morgan fingerprint density at radius 3 is 2.29 bits per heavy atom. The van der Waals surface area contributed by atoms with E-state index in [9.17, 15) is 9.59 Å². The average molecular weight is 397 g/mol. The molecule has 0 bridgehead atoms. The molecule has 0 aromatic heterocycles. The van der Waals surface area contributed by atoms with Gasteiger partial charge in [-0.1, -0.05) is 30.3 Å². The Kier molecular flexibility index (Phi) is 5.88. The number of hydrogen-bond donors (Lipinski definition) is 1. The first-order valence-corrected chi connectivity index (χ1v) is 8.57. The molecule has 7 heteroatoms. The summed E-state index contributed by atoms with van der Waals surface area (Å²) in [5.74, 6) is -1.14. The molecule has 1 aliphatic rings. The van der Waals surface area contributed by atoms with Crippen LogP contribution in [0.1, 0.15) is 26.3 Å². The molecule has 1 aromatic rings. The van der Waals surface area contributed by atoms with Crippen molar-refractivity contribution in [2.45, 2.75) is 31.9 Å². The number of esters is 2. The van der Waals surface area contributed by atoms with Crippen LogP contribution in [0.4, 0.5) is 0 Å². The van der Waals surface area contributed by atoms with Gasteiger partial charge in [-0.15, -0.1) is 0 Å². The number of carbonyl (C=O) groups is 2. The number of benzene rings is 1. The van der Waals surface area contributed by atoms with Crippen LogP contribution in [0.5, 0.6) is 0 Å². The van der Waals surface area contributed by atoms with E-state index in [1.807, 2.05) is 37.3 Å². The van der Waals surface area contributed by atoms with Crippen LogP contribution in [0.3, 0.4) is 0 Å². The number of nitrogens with zero attached hydrogens (tertiary/aromatic N) is 1. The van der Waals surface area contributed by atoms with Gasteiger partial charge in [0, 0.05) is 6.54 Å². The van der Waals surface area contributed by atoms with E-state index in [2.05, 4.69) is 21.2 Å². The number of nitrogens with one attached hydrogen (secondary N) is 1. The van der Waals surface area contributed by atoms with Gasteiger partial charge in [-0.2, -0.15) is 0 Å². The van der Waals surface area contributed by atoms with E-state index in [4.69, 9.17) is 9.47 Å². The highest BCUT2D eigenvalue weighted by molar-refractivity contribution is 9.10. The highest BCUT2D eigenvalue weighted by atomic mass is 79.9. The second-order valence-corrected chi connectivity index (χ2v) is 6.86. The number of alkyl halides is 1. The summed E-state index contributed by atoms with van der Waals surface area (Å²) < 4.78 is 9.39. The summed E-state index contributed by atoms with van der Waals surface area (Å²) in [6, 6.07) is 9.67. The van der Waals surface area contributed by atoms with E-state index in [0.717, 1.165) is 5.56 Å².